The van der Waals surface area contributed by atoms with Gasteiger partial charge in [0.1, 0.15) is 0 Å². The summed E-state index contributed by atoms with van der Waals surface area (Å²) in [6, 6.07) is 14.8. The minimum atomic E-state index is 0.613. The molecule has 0 amide bonds. The summed E-state index contributed by atoms with van der Waals surface area (Å²) in [5.74, 6) is 1.35. The Morgan fingerprint density at radius 2 is 1.31 bits per heavy atom. The highest BCUT2D eigenvalue weighted by Crippen LogP contribution is 2.16. The van der Waals surface area contributed by atoms with E-state index in [1.54, 1.807) is 18.8 Å². The lowest BCUT2D eigenvalue weighted by Gasteiger charge is -1.98. The van der Waals surface area contributed by atoms with E-state index >= 15 is 0 Å². The van der Waals surface area contributed by atoms with Gasteiger partial charge >= 0.3 is 0 Å². The SMILES string of the molecule is Cn1nnc(-c2ccc(N)cc2)n1.Cn1nnnc1-c1ccc(N)cc1. The molecule has 26 heavy (non-hydrogen) atoms. The number of nitrogen functional groups attached to an aromatic ring is 2. The van der Waals surface area contributed by atoms with Crippen LogP contribution in [-0.2, 0) is 14.1 Å². The number of anilines is 2. The Labute approximate surface area is 149 Å². The van der Waals surface area contributed by atoms with Crippen molar-refractivity contribution < 1.29 is 0 Å². The van der Waals surface area contributed by atoms with Gasteiger partial charge in [-0.2, -0.15) is 4.80 Å². The van der Waals surface area contributed by atoms with E-state index in [1.807, 2.05) is 48.5 Å². The molecule has 0 saturated heterocycles. The van der Waals surface area contributed by atoms with Gasteiger partial charge < -0.3 is 11.5 Å². The highest BCUT2D eigenvalue weighted by Gasteiger charge is 2.04. The molecule has 2 aromatic heterocycles. The zero-order valence-corrected chi connectivity index (χ0v) is 14.4. The van der Waals surface area contributed by atoms with Gasteiger partial charge in [0.2, 0.25) is 5.82 Å². The van der Waals surface area contributed by atoms with Crippen LogP contribution in [0.25, 0.3) is 22.8 Å². The van der Waals surface area contributed by atoms with Crippen LogP contribution in [0.15, 0.2) is 48.5 Å². The monoisotopic (exact) mass is 350 g/mol. The van der Waals surface area contributed by atoms with Crippen molar-refractivity contribution in [3.8, 4) is 22.8 Å². The molecule has 0 atom stereocenters. The summed E-state index contributed by atoms with van der Waals surface area (Å²) in [5, 5.41) is 22.8. The molecular weight excluding hydrogens is 332 g/mol. The Kier molecular flexibility index (Phi) is 4.83. The fourth-order valence-corrected chi connectivity index (χ4v) is 2.14. The maximum absolute atomic E-state index is 5.56. The number of tetrazole rings is 2. The van der Waals surface area contributed by atoms with Gasteiger partial charge in [0.15, 0.2) is 5.82 Å². The summed E-state index contributed by atoms with van der Waals surface area (Å²) >= 11 is 0. The van der Waals surface area contributed by atoms with E-state index in [9.17, 15) is 0 Å². The lowest BCUT2D eigenvalue weighted by molar-refractivity contribution is 0.630. The number of nitrogens with two attached hydrogens (primary N) is 2. The average Bonchev–Trinajstić information content (AvgIpc) is 3.25. The molecule has 10 nitrogen and oxygen atoms in total. The molecule has 10 heteroatoms. The third-order valence-corrected chi connectivity index (χ3v) is 3.47. The van der Waals surface area contributed by atoms with Crippen LogP contribution in [0.3, 0.4) is 0 Å². The predicted molar refractivity (Wildman–Crippen MR) is 97.3 cm³/mol. The number of benzene rings is 2. The molecule has 0 unspecified atom stereocenters. The number of hydrogen-bond donors (Lipinski definition) is 2. The maximum atomic E-state index is 5.56. The molecule has 0 aliphatic heterocycles. The Bertz CT molecular complexity index is 969. The van der Waals surface area contributed by atoms with Gasteiger partial charge in [-0.25, -0.2) is 4.68 Å². The Morgan fingerprint density at radius 1 is 0.731 bits per heavy atom. The first-order valence-electron chi connectivity index (χ1n) is 7.71. The van der Waals surface area contributed by atoms with Crippen LogP contribution < -0.4 is 11.5 Å². The van der Waals surface area contributed by atoms with Gasteiger partial charge in [0, 0.05) is 29.5 Å². The topological polar surface area (TPSA) is 139 Å². The Balaban J connectivity index is 0.000000151. The molecule has 4 N–H and O–H groups in total. The summed E-state index contributed by atoms with van der Waals surface area (Å²) in [6.07, 6.45) is 0. The van der Waals surface area contributed by atoms with Gasteiger partial charge in [-0.05, 0) is 64.2 Å². The van der Waals surface area contributed by atoms with Crippen LogP contribution >= 0.6 is 0 Å². The van der Waals surface area contributed by atoms with Crippen molar-refractivity contribution in [1.82, 2.24) is 40.4 Å². The molecule has 2 heterocycles. The normalized spacial score (nSPS) is 10.2. The molecule has 0 aliphatic rings. The maximum Gasteiger partial charge on any atom is 0.204 e. The largest absolute Gasteiger partial charge is 0.399 e. The molecule has 0 saturated carbocycles. The molecule has 0 radical (unpaired) electrons. The number of aryl methyl sites for hydroxylation is 2. The number of rotatable bonds is 2. The second kappa shape index (κ2) is 7.38. The van der Waals surface area contributed by atoms with E-state index in [0.29, 0.717) is 5.82 Å². The van der Waals surface area contributed by atoms with Crippen LogP contribution in [0, 0.1) is 0 Å². The minimum Gasteiger partial charge on any atom is -0.399 e. The average molecular weight is 350 g/mol. The second-order valence-electron chi connectivity index (χ2n) is 5.47. The van der Waals surface area contributed by atoms with Gasteiger partial charge in [-0.3, -0.25) is 0 Å². The molecule has 0 aliphatic carbocycles. The van der Waals surface area contributed by atoms with Gasteiger partial charge in [-0.15, -0.1) is 15.3 Å². The Morgan fingerprint density at radius 3 is 1.77 bits per heavy atom. The van der Waals surface area contributed by atoms with Crippen molar-refractivity contribution in [2.45, 2.75) is 0 Å². The molecule has 4 rings (SSSR count). The quantitative estimate of drug-likeness (QED) is 0.509. The van der Waals surface area contributed by atoms with Crippen LogP contribution in [0.4, 0.5) is 11.4 Å². The zero-order valence-electron chi connectivity index (χ0n) is 14.4. The summed E-state index contributed by atoms with van der Waals surface area (Å²) in [5.41, 5.74) is 14.5. The van der Waals surface area contributed by atoms with E-state index in [2.05, 4.69) is 30.9 Å². The van der Waals surface area contributed by atoms with E-state index in [-0.39, 0.29) is 0 Å². The van der Waals surface area contributed by atoms with E-state index in [4.69, 9.17) is 11.5 Å². The minimum absolute atomic E-state index is 0.613. The third kappa shape index (κ3) is 3.98. The van der Waals surface area contributed by atoms with Crippen LogP contribution in [0.1, 0.15) is 0 Å². The van der Waals surface area contributed by atoms with Crippen molar-refractivity contribution in [2.24, 2.45) is 14.1 Å². The second-order valence-corrected chi connectivity index (χ2v) is 5.47. The summed E-state index contributed by atoms with van der Waals surface area (Å²) < 4.78 is 1.62. The Hall–Kier alpha value is -3.82. The van der Waals surface area contributed by atoms with Crippen molar-refractivity contribution in [1.29, 1.82) is 0 Å². The van der Waals surface area contributed by atoms with Gasteiger partial charge in [-0.1, -0.05) is 0 Å². The van der Waals surface area contributed by atoms with Gasteiger partial charge in [0.05, 0.1) is 7.05 Å². The molecule has 4 aromatic rings. The van der Waals surface area contributed by atoms with E-state index in [1.165, 1.54) is 4.80 Å². The highest BCUT2D eigenvalue weighted by molar-refractivity contribution is 5.58. The first-order valence-corrected chi connectivity index (χ1v) is 7.71. The van der Waals surface area contributed by atoms with Crippen LogP contribution in [-0.4, -0.2) is 40.4 Å². The standard InChI is InChI=1S/2C8H9N5/c1-13-8(10-11-12-13)6-2-4-7(9)5-3-6;1-13-11-8(10-12-13)6-2-4-7(9)5-3-6/h2*2-5H,9H2,1H3. The van der Waals surface area contributed by atoms with Crippen molar-refractivity contribution >= 4 is 11.4 Å². The number of hydrogen-bond acceptors (Lipinski definition) is 8. The fraction of sp³-hybridized carbons (Fsp3) is 0.125. The van der Waals surface area contributed by atoms with Crippen molar-refractivity contribution in [3.05, 3.63) is 48.5 Å². The lowest BCUT2D eigenvalue weighted by atomic mass is 10.2. The first-order chi connectivity index (χ1) is 12.5. The molecule has 0 bridgehead atoms. The molecule has 0 spiro atoms. The van der Waals surface area contributed by atoms with Crippen molar-refractivity contribution in [2.75, 3.05) is 11.5 Å². The lowest BCUT2D eigenvalue weighted by Crippen LogP contribution is -1.94. The molecule has 132 valence electrons. The molecule has 2 aromatic carbocycles. The van der Waals surface area contributed by atoms with E-state index < -0.39 is 0 Å². The first kappa shape index (κ1) is 17.0. The molecular formula is C16H18N10. The predicted octanol–water partition coefficient (Wildman–Crippen LogP) is 0.919. The van der Waals surface area contributed by atoms with Crippen molar-refractivity contribution in [3.63, 3.8) is 0 Å². The number of nitrogens with zero attached hydrogens (tertiary/aromatic N) is 8. The van der Waals surface area contributed by atoms with E-state index in [0.717, 1.165) is 28.3 Å². The summed E-state index contributed by atoms with van der Waals surface area (Å²) in [7, 11) is 3.53. The smallest absolute Gasteiger partial charge is 0.204 e. The van der Waals surface area contributed by atoms with Crippen LogP contribution in [0.2, 0.25) is 0 Å². The zero-order chi connectivity index (χ0) is 18.5. The highest BCUT2D eigenvalue weighted by atomic mass is 15.6. The van der Waals surface area contributed by atoms with Crippen LogP contribution in [0.5, 0.6) is 0 Å². The summed E-state index contributed by atoms with van der Waals surface area (Å²) in [4.78, 5) is 1.42. The number of aromatic nitrogens is 8. The molecule has 0 fully saturated rings. The third-order valence-electron chi connectivity index (χ3n) is 3.47. The fourth-order valence-electron chi connectivity index (χ4n) is 2.14. The summed E-state index contributed by atoms with van der Waals surface area (Å²) in [6.45, 7) is 0. The van der Waals surface area contributed by atoms with Gasteiger partial charge in [0.25, 0.3) is 0 Å².